The Labute approximate surface area is 110 Å². The summed E-state index contributed by atoms with van der Waals surface area (Å²) in [7, 11) is 0. The zero-order valence-corrected chi connectivity index (χ0v) is 11.2. The van der Waals surface area contributed by atoms with Gasteiger partial charge in [-0.3, -0.25) is 4.90 Å². The first-order chi connectivity index (χ1) is 8.93. The van der Waals surface area contributed by atoms with Gasteiger partial charge in [-0.2, -0.15) is 0 Å². The van der Waals surface area contributed by atoms with Crippen molar-refractivity contribution in [3.8, 4) is 0 Å². The molecule has 2 heterocycles. The molecule has 1 atom stereocenters. The second-order valence-electron chi connectivity index (χ2n) is 5.64. The van der Waals surface area contributed by atoms with Crippen molar-refractivity contribution >= 4 is 0 Å². The Morgan fingerprint density at radius 1 is 0.944 bits per heavy atom. The van der Waals surface area contributed by atoms with E-state index in [1.54, 1.807) is 11.1 Å². The molecule has 0 aromatic heterocycles. The van der Waals surface area contributed by atoms with Crippen LogP contribution >= 0.6 is 0 Å². The number of fused-ring (bicyclic) bond motifs is 1. The number of benzene rings is 1. The van der Waals surface area contributed by atoms with Crippen molar-refractivity contribution in [2.45, 2.75) is 38.1 Å². The van der Waals surface area contributed by atoms with Crippen LogP contribution in [-0.4, -0.2) is 37.1 Å². The molecule has 2 nitrogen and oxygen atoms in total. The van der Waals surface area contributed by atoms with E-state index in [0.29, 0.717) is 0 Å². The SMILES string of the molecule is c1ccc2c(c1)CCN(C1CCCNCC1)CC2. The maximum atomic E-state index is 3.52. The van der Waals surface area contributed by atoms with Gasteiger partial charge in [0.15, 0.2) is 0 Å². The van der Waals surface area contributed by atoms with Crippen molar-refractivity contribution < 1.29 is 0 Å². The van der Waals surface area contributed by atoms with Crippen LogP contribution in [0.1, 0.15) is 30.4 Å². The highest BCUT2D eigenvalue weighted by atomic mass is 15.2. The molecular weight excluding hydrogens is 220 g/mol. The van der Waals surface area contributed by atoms with Crippen LogP contribution in [0.4, 0.5) is 0 Å². The highest BCUT2D eigenvalue weighted by molar-refractivity contribution is 5.28. The van der Waals surface area contributed by atoms with E-state index in [0.717, 1.165) is 6.04 Å². The minimum atomic E-state index is 0.814. The molecule has 0 radical (unpaired) electrons. The van der Waals surface area contributed by atoms with E-state index in [-0.39, 0.29) is 0 Å². The van der Waals surface area contributed by atoms with E-state index in [1.807, 2.05) is 0 Å². The maximum Gasteiger partial charge on any atom is 0.0108 e. The number of hydrogen-bond donors (Lipinski definition) is 1. The van der Waals surface area contributed by atoms with Gasteiger partial charge in [-0.15, -0.1) is 0 Å². The van der Waals surface area contributed by atoms with Gasteiger partial charge >= 0.3 is 0 Å². The van der Waals surface area contributed by atoms with Crippen LogP contribution in [0, 0.1) is 0 Å². The molecular formula is C16H24N2. The Hall–Kier alpha value is -0.860. The van der Waals surface area contributed by atoms with Gasteiger partial charge in [0.25, 0.3) is 0 Å². The van der Waals surface area contributed by atoms with Gasteiger partial charge in [0.2, 0.25) is 0 Å². The summed E-state index contributed by atoms with van der Waals surface area (Å²) in [5.41, 5.74) is 3.15. The minimum Gasteiger partial charge on any atom is -0.317 e. The third-order valence-electron chi connectivity index (χ3n) is 4.52. The normalized spacial score (nSPS) is 26.1. The Morgan fingerprint density at radius 3 is 2.39 bits per heavy atom. The van der Waals surface area contributed by atoms with E-state index < -0.39 is 0 Å². The molecule has 0 amide bonds. The molecule has 1 aromatic carbocycles. The van der Waals surface area contributed by atoms with Crippen LogP contribution in [0.5, 0.6) is 0 Å². The van der Waals surface area contributed by atoms with Crippen LogP contribution in [0.2, 0.25) is 0 Å². The summed E-state index contributed by atoms with van der Waals surface area (Å²) >= 11 is 0. The van der Waals surface area contributed by atoms with Gasteiger partial charge in [-0.1, -0.05) is 24.3 Å². The van der Waals surface area contributed by atoms with Gasteiger partial charge in [-0.05, 0) is 56.3 Å². The molecule has 1 aromatic rings. The molecule has 2 aliphatic rings. The molecule has 1 saturated heterocycles. The van der Waals surface area contributed by atoms with Crippen LogP contribution in [-0.2, 0) is 12.8 Å². The minimum absolute atomic E-state index is 0.814. The average Bonchev–Trinajstić information content (AvgIpc) is 2.79. The molecule has 0 bridgehead atoms. The maximum absolute atomic E-state index is 3.52. The van der Waals surface area contributed by atoms with Crippen molar-refractivity contribution in [3.63, 3.8) is 0 Å². The second-order valence-corrected chi connectivity index (χ2v) is 5.64. The average molecular weight is 244 g/mol. The Morgan fingerprint density at radius 2 is 1.67 bits per heavy atom. The topological polar surface area (TPSA) is 15.3 Å². The first-order valence-corrected chi connectivity index (χ1v) is 7.45. The van der Waals surface area contributed by atoms with Crippen molar-refractivity contribution in [2.24, 2.45) is 0 Å². The fraction of sp³-hybridized carbons (Fsp3) is 0.625. The number of hydrogen-bond acceptors (Lipinski definition) is 2. The van der Waals surface area contributed by atoms with Crippen molar-refractivity contribution in [3.05, 3.63) is 35.4 Å². The monoisotopic (exact) mass is 244 g/mol. The molecule has 2 aliphatic heterocycles. The number of rotatable bonds is 1. The van der Waals surface area contributed by atoms with Crippen LogP contribution in [0.3, 0.4) is 0 Å². The number of nitrogens with zero attached hydrogens (tertiary/aromatic N) is 1. The molecule has 1 fully saturated rings. The second kappa shape index (κ2) is 5.85. The van der Waals surface area contributed by atoms with Crippen LogP contribution < -0.4 is 5.32 Å². The van der Waals surface area contributed by atoms with Gasteiger partial charge in [0, 0.05) is 19.1 Å². The zero-order chi connectivity index (χ0) is 12.2. The highest BCUT2D eigenvalue weighted by Gasteiger charge is 2.22. The summed E-state index contributed by atoms with van der Waals surface area (Å²) in [5.74, 6) is 0. The lowest BCUT2D eigenvalue weighted by Gasteiger charge is -2.29. The quantitative estimate of drug-likeness (QED) is 0.815. The third kappa shape index (κ3) is 2.76. The third-order valence-corrected chi connectivity index (χ3v) is 4.52. The first kappa shape index (κ1) is 12.2. The molecule has 1 N–H and O–H groups in total. The predicted octanol–water partition coefficient (Wildman–Crippen LogP) is 2.23. The fourth-order valence-electron chi connectivity index (χ4n) is 3.42. The van der Waals surface area contributed by atoms with Gasteiger partial charge < -0.3 is 5.32 Å². The summed E-state index contributed by atoms with van der Waals surface area (Å²) in [6, 6.07) is 9.81. The number of nitrogens with one attached hydrogen (secondary N) is 1. The first-order valence-electron chi connectivity index (χ1n) is 7.45. The van der Waals surface area contributed by atoms with Crippen LogP contribution in [0.15, 0.2) is 24.3 Å². The van der Waals surface area contributed by atoms with Gasteiger partial charge in [0.05, 0.1) is 0 Å². The van der Waals surface area contributed by atoms with Crippen molar-refractivity contribution in [2.75, 3.05) is 26.2 Å². The molecule has 0 aliphatic carbocycles. The lowest BCUT2D eigenvalue weighted by molar-refractivity contribution is 0.190. The van der Waals surface area contributed by atoms with Gasteiger partial charge in [0.1, 0.15) is 0 Å². The lowest BCUT2D eigenvalue weighted by Crippen LogP contribution is -2.37. The van der Waals surface area contributed by atoms with Gasteiger partial charge in [-0.25, -0.2) is 0 Å². The smallest absolute Gasteiger partial charge is 0.0108 e. The fourth-order valence-corrected chi connectivity index (χ4v) is 3.42. The lowest BCUT2D eigenvalue weighted by atomic mass is 10.0. The Bertz CT molecular complexity index is 353. The Balaban J connectivity index is 1.66. The molecule has 0 spiro atoms. The molecule has 0 saturated carbocycles. The summed E-state index contributed by atoms with van der Waals surface area (Å²) in [4.78, 5) is 2.74. The molecule has 1 unspecified atom stereocenters. The summed E-state index contributed by atoms with van der Waals surface area (Å²) in [6.07, 6.45) is 6.52. The van der Waals surface area contributed by atoms with E-state index in [1.165, 1.54) is 58.3 Å². The van der Waals surface area contributed by atoms with Crippen molar-refractivity contribution in [1.82, 2.24) is 10.2 Å². The molecule has 18 heavy (non-hydrogen) atoms. The van der Waals surface area contributed by atoms with E-state index in [9.17, 15) is 0 Å². The predicted molar refractivity (Wildman–Crippen MR) is 75.9 cm³/mol. The standard InChI is InChI=1S/C16H24N2/c1-2-5-15-9-13-18(12-8-14(15)4-1)16-6-3-10-17-11-7-16/h1-2,4-5,16-17H,3,6-13H2. The van der Waals surface area contributed by atoms with E-state index in [4.69, 9.17) is 0 Å². The van der Waals surface area contributed by atoms with E-state index in [2.05, 4.69) is 34.5 Å². The summed E-state index contributed by atoms with van der Waals surface area (Å²) < 4.78 is 0. The highest BCUT2D eigenvalue weighted by Crippen LogP contribution is 2.20. The van der Waals surface area contributed by atoms with Crippen molar-refractivity contribution in [1.29, 1.82) is 0 Å². The largest absolute Gasteiger partial charge is 0.317 e. The molecule has 98 valence electrons. The molecule has 2 heteroatoms. The van der Waals surface area contributed by atoms with Crippen LogP contribution in [0.25, 0.3) is 0 Å². The molecule has 3 rings (SSSR count). The Kier molecular flexibility index (Phi) is 3.96. The summed E-state index contributed by atoms with van der Waals surface area (Å²) in [6.45, 7) is 4.92. The van der Waals surface area contributed by atoms with E-state index >= 15 is 0 Å². The summed E-state index contributed by atoms with van der Waals surface area (Å²) in [5, 5.41) is 3.52. The zero-order valence-electron chi connectivity index (χ0n) is 11.2.